The molecule has 0 radical (unpaired) electrons. The third-order valence-corrected chi connectivity index (χ3v) is 2.20. The number of carbonyl (C=O) groups excluding carboxylic acids is 1. The molecule has 0 aliphatic carbocycles. The van der Waals surface area contributed by atoms with Gasteiger partial charge in [-0.3, -0.25) is 4.79 Å². The summed E-state index contributed by atoms with van der Waals surface area (Å²) in [6.07, 6.45) is 1.62. The van der Waals surface area contributed by atoms with Crippen LogP contribution in [-0.4, -0.2) is 16.1 Å². The van der Waals surface area contributed by atoms with Crippen molar-refractivity contribution in [2.24, 2.45) is 11.5 Å². The van der Waals surface area contributed by atoms with E-state index in [2.05, 4.69) is 10.2 Å². The zero-order chi connectivity index (χ0) is 10.8. The highest BCUT2D eigenvalue weighted by atomic mass is 35.5. The van der Waals surface area contributed by atoms with Crippen LogP contribution in [0, 0.1) is 0 Å². The number of primary amides is 1. The second-order valence-corrected chi connectivity index (χ2v) is 3.20. The summed E-state index contributed by atoms with van der Waals surface area (Å²) in [5.41, 5.74) is 11.2. The van der Waals surface area contributed by atoms with E-state index in [-0.39, 0.29) is 24.8 Å². The summed E-state index contributed by atoms with van der Waals surface area (Å²) in [6.45, 7) is 0. The minimum Gasteiger partial charge on any atom is -0.368 e. The number of aromatic nitrogens is 2. The van der Waals surface area contributed by atoms with Crippen molar-refractivity contribution in [1.29, 1.82) is 0 Å². The molecule has 0 fully saturated rings. The van der Waals surface area contributed by atoms with Gasteiger partial charge in [0.1, 0.15) is 6.04 Å². The summed E-state index contributed by atoms with van der Waals surface area (Å²) < 4.78 is 0. The minimum absolute atomic E-state index is 0. The molecule has 0 bridgehead atoms. The highest BCUT2D eigenvalue weighted by Gasteiger charge is 2.16. The number of nitrogens with two attached hydrogens (primary N) is 2. The molecule has 1 atom stereocenters. The minimum atomic E-state index is -0.913. The second-order valence-electron chi connectivity index (χ2n) is 3.20. The maximum atomic E-state index is 11.0. The summed E-state index contributed by atoms with van der Waals surface area (Å²) in [5, 5.41) is 9.32. The van der Waals surface area contributed by atoms with Gasteiger partial charge in [0.15, 0.2) is 0 Å². The number of amides is 1. The van der Waals surface area contributed by atoms with Crippen molar-refractivity contribution < 1.29 is 4.79 Å². The topological polar surface area (TPSA) is 94.9 Å². The Hall–Kier alpha value is -1.43. The van der Waals surface area contributed by atoms with Crippen LogP contribution in [0.3, 0.4) is 0 Å². The van der Waals surface area contributed by atoms with Crippen molar-refractivity contribution in [3.05, 3.63) is 36.2 Å². The SMILES string of the molecule is Cl.Cl.NC(=O)C(N)c1nncc2ccccc12. The number of hydrogen-bond donors (Lipinski definition) is 2. The number of nitrogens with zero attached hydrogens (tertiary/aromatic N) is 2. The van der Waals surface area contributed by atoms with E-state index in [4.69, 9.17) is 11.5 Å². The Bertz CT molecular complexity index is 515. The number of benzene rings is 1. The van der Waals surface area contributed by atoms with Crippen molar-refractivity contribution in [2.45, 2.75) is 6.04 Å². The molecule has 0 spiro atoms. The number of fused-ring (bicyclic) bond motifs is 1. The molecule has 1 heterocycles. The van der Waals surface area contributed by atoms with Gasteiger partial charge in [-0.1, -0.05) is 24.3 Å². The zero-order valence-electron chi connectivity index (χ0n) is 8.74. The van der Waals surface area contributed by atoms with Gasteiger partial charge in [-0.2, -0.15) is 10.2 Å². The monoisotopic (exact) mass is 274 g/mol. The van der Waals surface area contributed by atoms with E-state index in [1.54, 1.807) is 6.20 Å². The molecule has 1 aromatic carbocycles. The Morgan fingerprint density at radius 1 is 1.24 bits per heavy atom. The van der Waals surface area contributed by atoms with Gasteiger partial charge in [-0.25, -0.2) is 0 Å². The van der Waals surface area contributed by atoms with Crippen LogP contribution in [0.5, 0.6) is 0 Å². The van der Waals surface area contributed by atoms with Crippen LogP contribution in [0.2, 0.25) is 0 Å². The fraction of sp³-hybridized carbons (Fsp3) is 0.100. The van der Waals surface area contributed by atoms with Crippen molar-refractivity contribution in [1.82, 2.24) is 10.2 Å². The Morgan fingerprint density at radius 3 is 2.53 bits per heavy atom. The van der Waals surface area contributed by atoms with E-state index < -0.39 is 11.9 Å². The van der Waals surface area contributed by atoms with Crippen LogP contribution in [0.4, 0.5) is 0 Å². The molecular formula is C10H12Cl2N4O. The Balaban J connectivity index is 0.00000128. The summed E-state index contributed by atoms with van der Waals surface area (Å²) in [5.74, 6) is -0.611. The third kappa shape index (κ3) is 3.03. The molecule has 2 rings (SSSR count). The number of carbonyl (C=O) groups is 1. The van der Waals surface area contributed by atoms with E-state index >= 15 is 0 Å². The molecule has 0 saturated heterocycles. The largest absolute Gasteiger partial charge is 0.368 e. The lowest BCUT2D eigenvalue weighted by atomic mass is 10.1. The molecule has 0 saturated carbocycles. The summed E-state index contributed by atoms with van der Waals surface area (Å²) in [4.78, 5) is 11.0. The first-order valence-electron chi connectivity index (χ1n) is 4.45. The molecule has 1 aromatic heterocycles. The van der Waals surface area contributed by atoms with Crippen LogP contribution >= 0.6 is 24.8 Å². The van der Waals surface area contributed by atoms with Gasteiger partial charge in [0.25, 0.3) is 0 Å². The van der Waals surface area contributed by atoms with Gasteiger partial charge < -0.3 is 11.5 Å². The number of rotatable bonds is 2. The molecule has 1 amide bonds. The van der Waals surface area contributed by atoms with Crippen molar-refractivity contribution in [3.63, 3.8) is 0 Å². The quantitative estimate of drug-likeness (QED) is 0.853. The van der Waals surface area contributed by atoms with E-state index in [0.717, 1.165) is 10.8 Å². The predicted molar refractivity (Wildman–Crippen MR) is 70.2 cm³/mol. The maximum absolute atomic E-state index is 11.0. The molecule has 0 aliphatic rings. The lowest BCUT2D eigenvalue weighted by molar-refractivity contribution is -0.119. The van der Waals surface area contributed by atoms with E-state index in [9.17, 15) is 4.79 Å². The Kier molecular flexibility index (Phi) is 5.81. The Labute approximate surface area is 110 Å². The van der Waals surface area contributed by atoms with Gasteiger partial charge in [-0.05, 0) is 0 Å². The predicted octanol–water partition coefficient (Wildman–Crippen LogP) is 0.959. The van der Waals surface area contributed by atoms with Gasteiger partial charge in [0.2, 0.25) is 5.91 Å². The van der Waals surface area contributed by atoms with Crippen LogP contribution in [0.25, 0.3) is 10.8 Å². The van der Waals surface area contributed by atoms with Gasteiger partial charge >= 0.3 is 0 Å². The fourth-order valence-corrected chi connectivity index (χ4v) is 1.41. The molecule has 17 heavy (non-hydrogen) atoms. The Morgan fingerprint density at radius 2 is 1.88 bits per heavy atom. The average molecular weight is 275 g/mol. The molecule has 0 aliphatic heterocycles. The molecular weight excluding hydrogens is 263 g/mol. The smallest absolute Gasteiger partial charge is 0.240 e. The number of halogens is 2. The van der Waals surface area contributed by atoms with Crippen LogP contribution in [0.15, 0.2) is 30.5 Å². The van der Waals surface area contributed by atoms with Crippen LogP contribution in [0.1, 0.15) is 11.7 Å². The van der Waals surface area contributed by atoms with Crippen molar-refractivity contribution in [3.8, 4) is 0 Å². The molecule has 5 nitrogen and oxygen atoms in total. The summed E-state index contributed by atoms with van der Waals surface area (Å²) in [6, 6.07) is 6.53. The first kappa shape index (κ1) is 15.6. The summed E-state index contributed by atoms with van der Waals surface area (Å²) in [7, 11) is 0. The van der Waals surface area contributed by atoms with Gasteiger partial charge in [0.05, 0.1) is 11.9 Å². The van der Waals surface area contributed by atoms with E-state index in [0.29, 0.717) is 5.69 Å². The van der Waals surface area contributed by atoms with Gasteiger partial charge in [-0.15, -0.1) is 24.8 Å². The average Bonchev–Trinajstić information content (AvgIpc) is 2.27. The van der Waals surface area contributed by atoms with Crippen LogP contribution < -0.4 is 11.5 Å². The molecule has 7 heteroatoms. The summed E-state index contributed by atoms with van der Waals surface area (Å²) >= 11 is 0. The lowest BCUT2D eigenvalue weighted by Gasteiger charge is -2.08. The van der Waals surface area contributed by atoms with Crippen LogP contribution in [-0.2, 0) is 4.79 Å². The first-order chi connectivity index (χ1) is 7.20. The molecule has 2 aromatic rings. The second kappa shape index (κ2) is 6.34. The lowest BCUT2D eigenvalue weighted by Crippen LogP contribution is -2.29. The highest BCUT2D eigenvalue weighted by molar-refractivity contribution is 5.90. The van der Waals surface area contributed by atoms with E-state index in [1.807, 2.05) is 24.3 Å². The number of hydrogen-bond acceptors (Lipinski definition) is 4. The maximum Gasteiger partial charge on any atom is 0.240 e. The normalized spacial score (nSPS) is 11.1. The third-order valence-electron chi connectivity index (χ3n) is 2.20. The van der Waals surface area contributed by atoms with E-state index in [1.165, 1.54) is 0 Å². The fourth-order valence-electron chi connectivity index (χ4n) is 1.41. The molecule has 4 N–H and O–H groups in total. The van der Waals surface area contributed by atoms with Gasteiger partial charge in [0, 0.05) is 10.8 Å². The molecule has 1 unspecified atom stereocenters. The van der Waals surface area contributed by atoms with Crippen molar-refractivity contribution in [2.75, 3.05) is 0 Å². The molecule has 92 valence electrons. The zero-order valence-corrected chi connectivity index (χ0v) is 10.4. The van der Waals surface area contributed by atoms with Crippen molar-refractivity contribution >= 4 is 41.5 Å². The standard InChI is InChI=1S/C10H10N4O.2ClH/c11-8(10(12)15)9-7-4-2-1-3-6(7)5-13-14-9;;/h1-5,8H,11H2,(H2,12,15);2*1H. The highest BCUT2D eigenvalue weighted by Crippen LogP contribution is 2.19. The first-order valence-corrected chi connectivity index (χ1v) is 4.45.